The average molecular weight is 393 g/mol. The van der Waals surface area contributed by atoms with Crippen molar-refractivity contribution in [3.05, 3.63) is 0 Å². The molecule has 1 unspecified atom stereocenters. The van der Waals surface area contributed by atoms with Gasteiger partial charge in [0, 0.05) is 32.7 Å². The first kappa shape index (κ1) is 24.7. The number of rotatable bonds is 16. The second-order valence-electron chi connectivity index (χ2n) is 6.15. The Hall–Kier alpha value is -2.28. The zero-order valence-corrected chi connectivity index (χ0v) is 15.2. The van der Waals surface area contributed by atoms with Gasteiger partial charge in [0.25, 0.3) is 0 Å². The molecule has 27 heavy (non-hydrogen) atoms. The number of aliphatic hydroxyl groups is 1. The van der Waals surface area contributed by atoms with Gasteiger partial charge in [-0.1, -0.05) is 0 Å². The monoisotopic (exact) mass is 393 g/mol. The Balaban J connectivity index is 4.82. The molecule has 12 heteroatoms. The molecule has 0 bridgehead atoms. The molecule has 0 aliphatic heterocycles. The molecule has 0 aromatic heterocycles. The zero-order valence-electron chi connectivity index (χ0n) is 15.2. The molecule has 0 saturated heterocycles. The van der Waals surface area contributed by atoms with Crippen molar-refractivity contribution in [2.24, 2.45) is 0 Å². The fraction of sp³-hybridized carbons (Fsp3) is 0.733. The van der Waals surface area contributed by atoms with E-state index >= 15 is 0 Å². The molecule has 0 amide bonds. The second kappa shape index (κ2) is 13.0. The number of nitrogens with zero attached hydrogens (tertiary/aromatic N) is 3. The molecule has 0 saturated carbocycles. The van der Waals surface area contributed by atoms with Gasteiger partial charge < -0.3 is 25.5 Å². The summed E-state index contributed by atoms with van der Waals surface area (Å²) >= 11 is 0. The largest absolute Gasteiger partial charge is 0.480 e. The van der Waals surface area contributed by atoms with E-state index in [4.69, 9.17) is 20.4 Å². The standard InChI is InChI=1S/C15H27N3O9/c1-11(19)6-16(2-4-17(7-12(20)21)8-13(22)23)3-5-18(9-14(24)25)10-15(26)27/h11,19H,2-10H2,1H3,(H,20,21)(H,22,23)(H,24,25)(H,26,27). The molecular formula is C15H27N3O9. The van der Waals surface area contributed by atoms with Crippen molar-refractivity contribution in [3.8, 4) is 0 Å². The van der Waals surface area contributed by atoms with Crippen LogP contribution in [0.4, 0.5) is 0 Å². The van der Waals surface area contributed by atoms with Crippen LogP contribution in [0.15, 0.2) is 0 Å². The number of aliphatic hydroxyl groups excluding tert-OH is 1. The van der Waals surface area contributed by atoms with Crippen molar-refractivity contribution in [1.82, 2.24) is 14.7 Å². The number of aliphatic carboxylic acids is 4. The number of carbonyl (C=O) groups is 4. The first-order valence-corrected chi connectivity index (χ1v) is 8.21. The lowest BCUT2D eigenvalue weighted by Crippen LogP contribution is -2.45. The second-order valence-corrected chi connectivity index (χ2v) is 6.15. The van der Waals surface area contributed by atoms with Crippen molar-refractivity contribution in [2.75, 3.05) is 58.9 Å². The molecule has 1 atom stereocenters. The summed E-state index contributed by atoms with van der Waals surface area (Å²) in [5.74, 6) is -4.69. The van der Waals surface area contributed by atoms with Crippen LogP contribution in [0.3, 0.4) is 0 Å². The lowest BCUT2D eigenvalue weighted by atomic mass is 10.3. The highest BCUT2D eigenvalue weighted by Gasteiger charge is 2.18. The predicted molar refractivity (Wildman–Crippen MR) is 91.5 cm³/mol. The molecule has 0 heterocycles. The Morgan fingerprint density at radius 2 is 0.889 bits per heavy atom. The van der Waals surface area contributed by atoms with Crippen molar-refractivity contribution in [1.29, 1.82) is 0 Å². The highest BCUT2D eigenvalue weighted by Crippen LogP contribution is 1.98. The topological polar surface area (TPSA) is 179 Å². The minimum Gasteiger partial charge on any atom is -0.480 e. The minimum atomic E-state index is -1.17. The third kappa shape index (κ3) is 14.6. The van der Waals surface area contributed by atoms with Crippen molar-refractivity contribution < 1.29 is 44.7 Å². The van der Waals surface area contributed by atoms with E-state index < -0.39 is 56.2 Å². The van der Waals surface area contributed by atoms with Crippen LogP contribution in [0, 0.1) is 0 Å². The summed E-state index contributed by atoms with van der Waals surface area (Å²) in [5.41, 5.74) is 0. The fourth-order valence-electron chi connectivity index (χ4n) is 2.43. The van der Waals surface area contributed by atoms with Crippen LogP contribution >= 0.6 is 0 Å². The van der Waals surface area contributed by atoms with Crippen molar-refractivity contribution in [2.45, 2.75) is 13.0 Å². The predicted octanol–water partition coefficient (Wildman–Crippen LogP) is -2.39. The Labute approximate surface area is 156 Å². The van der Waals surface area contributed by atoms with Gasteiger partial charge in [0.2, 0.25) is 0 Å². The van der Waals surface area contributed by atoms with Gasteiger partial charge in [0.05, 0.1) is 32.3 Å². The van der Waals surface area contributed by atoms with Crippen molar-refractivity contribution in [3.63, 3.8) is 0 Å². The van der Waals surface area contributed by atoms with E-state index in [1.165, 1.54) is 16.7 Å². The molecule has 12 nitrogen and oxygen atoms in total. The minimum absolute atomic E-state index is 0.100. The SMILES string of the molecule is CC(O)CN(CCN(CC(=O)O)CC(=O)O)CCN(CC(=O)O)CC(=O)O. The van der Waals surface area contributed by atoms with Gasteiger partial charge in [-0.15, -0.1) is 0 Å². The maximum Gasteiger partial charge on any atom is 0.317 e. The summed E-state index contributed by atoms with van der Waals surface area (Å²) in [6.45, 7) is 0.522. The molecule has 0 aromatic carbocycles. The molecule has 0 radical (unpaired) electrons. The molecule has 0 fully saturated rings. The van der Waals surface area contributed by atoms with Crippen LogP contribution in [0.25, 0.3) is 0 Å². The van der Waals surface area contributed by atoms with E-state index in [2.05, 4.69) is 0 Å². The molecule has 5 N–H and O–H groups in total. The quantitative estimate of drug-likeness (QED) is 0.188. The number of carboxylic acids is 4. The fourth-order valence-corrected chi connectivity index (χ4v) is 2.43. The maximum atomic E-state index is 10.8. The number of carboxylic acid groups (broad SMARTS) is 4. The third-order valence-corrected chi connectivity index (χ3v) is 3.42. The molecule has 0 aromatic rings. The molecule has 0 aliphatic carbocycles. The lowest BCUT2D eigenvalue weighted by Gasteiger charge is -2.29. The number of hydrogen-bond donors (Lipinski definition) is 5. The Bertz CT molecular complexity index is 441. The van der Waals surface area contributed by atoms with E-state index in [1.807, 2.05) is 0 Å². The summed E-state index contributed by atoms with van der Waals surface area (Å²) in [6, 6.07) is 0. The highest BCUT2D eigenvalue weighted by atomic mass is 16.4. The van der Waals surface area contributed by atoms with Gasteiger partial charge in [0.1, 0.15) is 0 Å². The molecule has 0 aliphatic rings. The highest BCUT2D eigenvalue weighted by molar-refractivity contribution is 5.73. The summed E-state index contributed by atoms with van der Waals surface area (Å²) in [4.78, 5) is 47.4. The molecule has 156 valence electrons. The Morgan fingerprint density at radius 3 is 1.11 bits per heavy atom. The first-order valence-electron chi connectivity index (χ1n) is 8.21. The van der Waals surface area contributed by atoms with E-state index in [1.54, 1.807) is 4.90 Å². The van der Waals surface area contributed by atoms with E-state index in [9.17, 15) is 24.3 Å². The van der Waals surface area contributed by atoms with Crippen LogP contribution in [0.2, 0.25) is 0 Å². The van der Waals surface area contributed by atoms with Gasteiger partial charge in [-0.3, -0.25) is 33.9 Å². The Kier molecular flexibility index (Phi) is 11.9. The first-order chi connectivity index (χ1) is 12.5. The van der Waals surface area contributed by atoms with Gasteiger partial charge in [-0.25, -0.2) is 0 Å². The van der Waals surface area contributed by atoms with Crippen LogP contribution in [-0.4, -0.2) is 129 Å². The number of hydrogen-bond acceptors (Lipinski definition) is 8. The normalized spacial score (nSPS) is 12.5. The van der Waals surface area contributed by atoms with Crippen molar-refractivity contribution >= 4 is 23.9 Å². The summed E-state index contributed by atoms with van der Waals surface area (Å²) in [5, 5.41) is 45.0. The van der Waals surface area contributed by atoms with Crippen LogP contribution in [-0.2, 0) is 19.2 Å². The smallest absolute Gasteiger partial charge is 0.317 e. The lowest BCUT2D eigenvalue weighted by molar-refractivity contribution is -0.143. The summed E-state index contributed by atoms with van der Waals surface area (Å²) in [6.07, 6.45) is -0.732. The van der Waals surface area contributed by atoms with Gasteiger partial charge in [-0.2, -0.15) is 0 Å². The third-order valence-electron chi connectivity index (χ3n) is 3.42. The molecule has 0 spiro atoms. The molecular weight excluding hydrogens is 366 g/mol. The van der Waals surface area contributed by atoms with Crippen LogP contribution < -0.4 is 0 Å². The summed E-state index contributed by atoms with van der Waals surface area (Å²) < 4.78 is 0. The van der Waals surface area contributed by atoms with Gasteiger partial charge in [-0.05, 0) is 6.92 Å². The van der Waals surface area contributed by atoms with E-state index in [0.717, 1.165) is 0 Å². The summed E-state index contributed by atoms with van der Waals surface area (Å²) in [7, 11) is 0. The van der Waals surface area contributed by atoms with Crippen LogP contribution in [0.5, 0.6) is 0 Å². The van der Waals surface area contributed by atoms with E-state index in [0.29, 0.717) is 0 Å². The van der Waals surface area contributed by atoms with Crippen LogP contribution in [0.1, 0.15) is 6.92 Å². The molecule has 0 rings (SSSR count). The van der Waals surface area contributed by atoms with Gasteiger partial charge >= 0.3 is 23.9 Å². The van der Waals surface area contributed by atoms with Gasteiger partial charge in [0.15, 0.2) is 0 Å². The van der Waals surface area contributed by atoms with E-state index in [-0.39, 0.29) is 32.7 Å². The average Bonchev–Trinajstić information content (AvgIpc) is 2.46. The maximum absolute atomic E-state index is 10.8. The Morgan fingerprint density at radius 1 is 0.630 bits per heavy atom. The zero-order chi connectivity index (χ0) is 21.0.